The standard InChI is InChI=1S/C9H12F5N3S/c1-5(2)15-4-3-6-16-17-7(18-6)8(10,11)9(12,13)14/h5,15H,3-4H2,1-2H3. The number of halogens is 5. The van der Waals surface area contributed by atoms with Crippen LogP contribution in [0.15, 0.2) is 0 Å². The van der Waals surface area contributed by atoms with Gasteiger partial charge in [0.25, 0.3) is 0 Å². The van der Waals surface area contributed by atoms with Crippen LogP contribution in [0.2, 0.25) is 0 Å². The summed E-state index contributed by atoms with van der Waals surface area (Å²) in [5.41, 5.74) is 0. The summed E-state index contributed by atoms with van der Waals surface area (Å²) in [5.74, 6) is -4.94. The van der Waals surface area contributed by atoms with Gasteiger partial charge in [0.2, 0.25) is 0 Å². The fraction of sp³-hybridized carbons (Fsp3) is 0.778. The lowest BCUT2D eigenvalue weighted by Gasteiger charge is -2.15. The molecule has 0 aliphatic heterocycles. The summed E-state index contributed by atoms with van der Waals surface area (Å²) in [5, 5.41) is 8.11. The molecule has 1 N–H and O–H groups in total. The Morgan fingerprint density at radius 1 is 1.17 bits per heavy atom. The number of rotatable bonds is 5. The van der Waals surface area contributed by atoms with Gasteiger partial charge in [0.1, 0.15) is 5.01 Å². The molecule has 0 unspecified atom stereocenters. The minimum Gasteiger partial charge on any atom is -0.314 e. The molecule has 0 spiro atoms. The molecule has 1 rings (SSSR count). The first-order valence-electron chi connectivity index (χ1n) is 5.15. The molecule has 104 valence electrons. The van der Waals surface area contributed by atoms with Crippen molar-refractivity contribution in [2.45, 2.75) is 38.4 Å². The van der Waals surface area contributed by atoms with Crippen molar-refractivity contribution in [3.05, 3.63) is 10.0 Å². The monoisotopic (exact) mass is 289 g/mol. The van der Waals surface area contributed by atoms with Crippen LogP contribution in [0.1, 0.15) is 23.9 Å². The topological polar surface area (TPSA) is 37.8 Å². The first-order valence-corrected chi connectivity index (χ1v) is 5.97. The number of alkyl halides is 5. The molecule has 0 saturated heterocycles. The average Bonchev–Trinajstić information content (AvgIpc) is 2.64. The predicted molar refractivity (Wildman–Crippen MR) is 56.7 cm³/mol. The SMILES string of the molecule is CC(C)NCCc1nnc(C(F)(F)C(F)(F)F)s1. The van der Waals surface area contributed by atoms with Crippen LogP contribution in [-0.2, 0) is 12.3 Å². The maximum absolute atomic E-state index is 12.9. The van der Waals surface area contributed by atoms with Gasteiger partial charge in [-0.3, -0.25) is 0 Å². The van der Waals surface area contributed by atoms with Gasteiger partial charge in [0.05, 0.1) is 0 Å². The smallest absolute Gasteiger partial charge is 0.314 e. The van der Waals surface area contributed by atoms with Crippen molar-refractivity contribution in [3.8, 4) is 0 Å². The second-order valence-electron chi connectivity index (χ2n) is 3.93. The number of hydrogen-bond acceptors (Lipinski definition) is 4. The van der Waals surface area contributed by atoms with E-state index in [-0.39, 0.29) is 28.8 Å². The quantitative estimate of drug-likeness (QED) is 0.847. The number of aromatic nitrogens is 2. The maximum Gasteiger partial charge on any atom is 0.460 e. The largest absolute Gasteiger partial charge is 0.460 e. The lowest BCUT2D eigenvalue weighted by Crippen LogP contribution is -2.33. The first kappa shape index (κ1) is 15.2. The Balaban J connectivity index is 2.69. The van der Waals surface area contributed by atoms with Crippen LogP contribution in [0.3, 0.4) is 0 Å². The lowest BCUT2D eigenvalue weighted by molar-refractivity contribution is -0.289. The lowest BCUT2D eigenvalue weighted by atomic mass is 10.3. The molecule has 9 heteroatoms. The van der Waals surface area contributed by atoms with Gasteiger partial charge >= 0.3 is 12.1 Å². The second kappa shape index (κ2) is 5.43. The molecule has 0 saturated carbocycles. The fourth-order valence-corrected chi connectivity index (χ4v) is 1.91. The average molecular weight is 289 g/mol. The van der Waals surface area contributed by atoms with Gasteiger partial charge in [-0.2, -0.15) is 22.0 Å². The Hall–Kier alpha value is -0.830. The molecule has 18 heavy (non-hydrogen) atoms. The van der Waals surface area contributed by atoms with E-state index in [9.17, 15) is 22.0 Å². The molecule has 0 amide bonds. The highest BCUT2D eigenvalue weighted by atomic mass is 32.1. The van der Waals surface area contributed by atoms with Gasteiger partial charge in [-0.05, 0) is 0 Å². The minimum absolute atomic E-state index is 0.155. The zero-order valence-corrected chi connectivity index (χ0v) is 10.5. The summed E-state index contributed by atoms with van der Waals surface area (Å²) < 4.78 is 62.0. The van der Waals surface area contributed by atoms with E-state index in [1.165, 1.54) is 0 Å². The number of hydrogen-bond donors (Lipinski definition) is 1. The zero-order chi connectivity index (χ0) is 14.0. The molecule has 0 fully saturated rings. The van der Waals surface area contributed by atoms with Crippen LogP contribution in [0, 0.1) is 0 Å². The van der Waals surface area contributed by atoms with Gasteiger partial charge in [-0.1, -0.05) is 25.2 Å². The van der Waals surface area contributed by atoms with Crippen LogP contribution >= 0.6 is 11.3 Å². The van der Waals surface area contributed by atoms with Crippen molar-refractivity contribution in [2.75, 3.05) is 6.54 Å². The van der Waals surface area contributed by atoms with E-state index in [0.29, 0.717) is 6.54 Å². The summed E-state index contributed by atoms with van der Waals surface area (Å²) in [4.78, 5) is 0. The zero-order valence-electron chi connectivity index (χ0n) is 9.68. The van der Waals surface area contributed by atoms with Crippen LogP contribution in [0.5, 0.6) is 0 Å². The second-order valence-corrected chi connectivity index (χ2v) is 4.99. The third-order valence-electron chi connectivity index (χ3n) is 1.98. The van der Waals surface area contributed by atoms with Crippen LogP contribution in [0.25, 0.3) is 0 Å². The summed E-state index contributed by atoms with van der Waals surface area (Å²) in [7, 11) is 0. The molecular weight excluding hydrogens is 277 g/mol. The molecule has 1 aromatic rings. The van der Waals surface area contributed by atoms with Gasteiger partial charge < -0.3 is 5.32 Å². The molecule has 0 aromatic carbocycles. The van der Waals surface area contributed by atoms with Crippen LogP contribution in [0.4, 0.5) is 22.0 Å². The van der Waals surface area contributed by atoms with Crippen molar-refractivity contribution in [3.63, 3.8) is 0 Å². The summed E-state index contributed by atoms with van der Waals surface area (Å²) >= 11 is 0.286. The van der Waals surface area contributed by atoms with Crippen molar-refractivity contribution >= 4 is 11.3 Å². The number of nitrogens with one attached hydrogen (secondary N) is 1. The molecule has 0 aliphatic carbocycles. The molecule has 1 heterocycles. The molecule has 3 nitrogen and oxygen atoms in total. The van der Waals surface area contributed by atoms with Gasteiger partial charge in [0, 0.05) is 19.0 Å². The van der Waals surface area contributed by atoms with Crippen molar-refractivity contribution in [1.82, 2.24) is 15.5 Å². The Morgan fingerprint density at radius 2 is 1.78 bits per heavy atom. The Morgan fingerprint density at radius 3 is 2.28 bits per heavy atom. The van der Waals surface area contributed by atoms with Crippen molar-refractivity contribution in [2.24, 2.45) is 0 Å². The van der Waals surface area contributed by atoms with Crippen molar-refractivity contribution < 1.29 is 22.0 Å². The van der Waals surface area contributed by atoms with E-state index in [4.69, 9.17) is 0 Å². The number of nitrogens with zero attached hydrogens (tertiary/aromatic N) is 2. The van der Waals surface area contributed by atoms with E-state index in [1.807, 2.05) is 13.8 Å². The van der Waals surface area contributed by atoms with Gasteiger partial charge in [0.15, 0.2) is 5.01 Å². The van der Waals surface area contributed by atoms with Gasteiger partial charge in [-0.15, -0.1) is 10.2 Å². The third-order valence-corrected chi connectivity index (χ3v) is 3.04. The molecule has 1 aromatic heterocycles. The molecule has 0 radical (unpaired) electrons. The molecule has 0 atom stereocenters. The minimum atomic E-state index is -5.64. The fourth-order valence-electron chi connectivity index (χ4n) is 1.07. The first-order chi connectivity index (χ1) is 8.14. The highest BCUT2D eigenvalue weighted by molar-refractivity contribution is 7.11. The Labute approximate surface area is 104 Å². The summed E-state index contributed by atoms with van der Waals surface area (Å²) in [6, 6.07) is 0.203. The van der Waals surface area contributed by atoms with E-state index in [2.05, 4.69) is 15.5 Å². The normalized spacial score (nSPS) is 13.3. The van der Waals surface area contributed by atoms with Crippen LogP contribution in [-0.4, -0.2) is 29.0 Å². The van der Waals surface area contributed by atoms with Crippen LogP contribution < -0.4 is 5.32 Å². The van der Waals surface area contributed by atoms with E-state index >= 15 is 0 Å². The Bertz CT molecular complexity index is 388. The highest BCUT2D eigenvalue weighted by Gasteiger charge is 2.61. The van der Waals surface area contributed by atoms with E-state index in [1.54, 1.807) is 0 Å². The molecule has 0 bridgehead atoms. The van der Waals surface area contributed by atoms with E-state index in [0.717, 1.165) is 0 Å². The van der Waals surface area contributed by atoms with E-state index < -0.39 is 17.1 Å². The Kier molecular flexibility index (Phi) is 4.60. The third kappa shape index (κ3) is 3.58. The summed E-state index contributed by atoms with van der Waals surface area (Å²) in [6.07, 6.45) is -5.37. The highest BCUT2D eigenvalue weighted by Crippen LogP contribution is 2.44. The molecular formula is C9H12F5N3S. The molecule has 0 aliphatic rings. The van der Waals surface area contributed by atoms with Gasteiger partial charge in [-0.25, -0.2) is 0 Å². The van der Waals surface area contributed by atoms with Crippen molar-refractivity contribution in [1.29, 1.82) is 0 Å². The predicted octanol–water partition coefficient (Wildman–Crippen LogP) is 2.73. The summed E-state index contributed by atoms with van der Waals surface area (Å²) in [6.45, 7) is 4.23. The maximum atomic E-state index is 12.9.